The van der Waals surface area contributed by atoms with Gasteiger partial charge in [0.2, 0.25) is 23.5 Å². The molecule has 0 radical (unpaired) electrons. The molecule has 5 rings (SSSR count). The summed E-state index contributed by atoms with van der Waals surface area (Å²) in [4.78, 5) is 78.9. The number of carbonyl (C=O) groups excluding carboxylic acids is 6. The number of nitrogens with zero attached hydrogens (tertiary/aromatic N) is 2. The zero-order chi connectivity index (χ0) is 44.3. The van der Waals surface area contributed by atoms with E-state index in [0.29, 0.717) is 13.0 Å². The van der Waals surface area contributed by atoms with E-state index in [1.54, 1.807) is 10.4 Å². The number of aliphatic hydroxyl groups is 5. The number of unbranched alkanes of at least 4 members (excludes halogenated alkanes) is 2. The Bertz CT molecular complexity index is 1890. The minimum absolute atomic E-state index is 0.0825. The maximum absolute atomic E-state index is 13.7. The van der Waals surface area contributed by atoms with Crippen molar-refractivity contribution in [1.29, 1.82) is 0 Å². The molecule has 1 aliphatic heterocycles. The zero-order valence-corrected chi connectivity index (χ0v) is 34.4. The van der Waals surface area contributed by atoms with Crippen molar-refractivity contribution in [2.24, 2.45) is 29.4 Å². The van der Waals surface area contributed by atoms with E-state index in [-0.39, 0.29) is 54.3 Å². The van der Waals surface area contributed by atoms with Crippen LogP contribution in [-0.2, 0) is 34.4 Å². The van der Waals surface area contributed by atoms with E-state index < -0.39 is 92.8 Å². The molecule has 4 amide bonds. The Labute approximate surface area is 342 Å². The number of carbonyl (C=O) groups is 6. The molecule has 2 fully saturated rings. The summed E-state index contributed by atoms with van der Waals surface area (Å²) >= 11 is 0. The van der Waals surface area contributed by atoms with Crippen LogP contribution in [0.3, 0.4) is 0 Å². The summed E-state index contributed by atoms with van der Waals surface area (Å²) in [5.74, 6) is -9.76. The molecule has 1 aromatic rings. The first kappa shape index (κ1) is 46.8. The second-order valence-corrected chi connectivity index (χ2v) is 16.6. The van der Waals surface area contributed by atoms with Crippen molar-refractivity contribution in [2.75, 3.05) is 27.2 Å². The van der Waals surface area contributed by atoms with Crippen molar-refractivity contribution in [3.05, 3.63) is 46.2 Å². The van der Waals surface area contributed by atoms with Crippen molar-refractivity contribution in [2.45, 2.75) is 108 Å². The number of ketones is 2. The van der Waals surface area contributed by atoms with Crippen LogP contribution < -0.4 is 16.5 Å². The highest BCUT2D eigenvalue weighted by molar-refractivity contribution is 6.24. The molecule has 11 N–H and O–H groups in total. The minimum Gasteiger partial charge on any atom is -0.508 e. The SMILES string of the molecule is CCCCCC(CC(=O)NO)C(=O)NC(C(=O)N1CCCC1CO)C(C)C.CN(C)[C@@H]1C(=O)C(C(N)=O)=C(O)[C@@]2(O)C(=O)C3=C(O)c4c(O)cccc4[C@@](C)(O)[C@H]3C[C@@H]12. The molecule has 326 valence electrons. The molecular formula is C41H59N5O13. The molecular weight excluding hydrogens is 770 g/mol. The molecule has 1 aromatic carbocycles. The van der Waals surface area contributed by atoms with Gasteiger partial charge >= 0.3 is 0 Å². The van der Waals surface area contributed by atoms with Crippen LogP contribution in [0.1, 0.15) is 90.2 Å². The molecule has 59 heavy (non-hydrogen) atoms. The van der Waals surface area contributed by atoms with Gasteiger partial charge in [-0.05, 0) is 64.3 Å². The van der Waals surface area contributed by atoms with Gasteiger partial charge in [-0.2, -0.15) is 0 Å². The van der Waals surface area contributed by atoms with Crippen molar-refractivity contribution < 1.29 is 64.6 Å². The molecule has 0 bridgehead atoms. The second-order valence-electron chi connectivity index (χ2n) is 16.6. The Morgan fingerprint density at radius 2 is 1.73 bits per heavy atom. The summed E-state index contributed by atoms with van der Waals surface area (Å²) in [6.45, 7) is 7.67. The number of Topliss-reactive ketones (excluding diaryl/α,β-unsaturated/α-hetero) is 2. The van der Waals surface area contributed by atoms with Crippen LogP contribution in [0.4, 0.5) is 0 Å². The lowest BCUT2D eigenvalue weighted by Gasteiger charge is -2.53. The number of phenolic OH excluding ortho intramolecular Hbond substituents is 1. The van der Waals surface area contributed by atoms with Gasteiger partial charge in [0.05, 0.1) is 29.9 Å². The highest BCUT2D eigenvalue weighted by Crippen LogP contribution is 2.57. The van der Waals surface area contributed by atoms with Crippen molar-refractivity contribution in [3.63, 3.8) is 0 Å². The van der Waals surface area contributed by atoms with Crippen LogP contribution in [0.25, 0.3) is 5.76 Å². The maximum atomic E-state index is 13.7. The number of benzene rings is 1. The summed E-state index contributed by atoms with van der Waals surface area (Å²) in [6, 6.07) is 2.12. The number of aromatic hydroxyl groups is 1. The van der Waals surface area contributed by atoms with E-state index in [1.165, 1.54) is 44.1 Å². The Morgan fingerprint density at radius 1 is 1.07 bits per heavy atom. The first-order chi connectivity index (χ1) is 27.6. The zero-order valence-electron chi connectivity index (χ0n) is 34.4. The highest BCUT2D eigenvalue weighted by atomic mass is 16.5. The molecule has 8 atom stereocenters. The molecule has 1 heterocycles. The minimum atomic E-state index is -2.75. The van der Waals surface area contributed by atoms with Crippen LogP contribution in [0.2, 0.25) is 0 Å². The topological polar surface area (TPSA) is 301 Å². The van der Waals surface area contributed by atoms with Crippen LogP contribution in [0.5, 0.6) is 5.75 Å². The number of hydrogen-bond acceptors (Lipinski definition) is 14. The van der Waals surface area contributed by atoms with E-state index in [2.05, 4.69) is 12.2 Å². The van der Waals surface area contributed by atoms with Crippen LogP contribution in [-0.4, -0.2) is 132 Å². The van der Waals surface area contributed by atoms with Gasteiger partial charge in [-0.15, -0.1) is 0 Å². The monoisotopic (exact) mass is 829 g/mol. The van der Waals surface area contributed by atoms with Gasteiger partial charge in [0, 0.05) is 36.3 Å². The standard InChI is InChI=1S/C22H24N2O8.C19H35N3O5/c1-21(31)8-5-4-6-11(25)12(8)16(26)13-9(21)7-10-15(24(2)3)17(27)14(20(23)30)19(29)22(10,32)18(13)28;1-4-5-6-8-14(11-16(24)21-27)18(25)20-17(13(2)3)19(26)22-10-7-9-15(22)12-23/h4-6,9-10,15,25-26,29,31-32H,7H2,1-3H3,(H2,23,30);13-15,17,23,27H,4-12H2,1-3H3,(H,20,25)(H,21,24)/t9-,10-,15-,21+,22-;/m0./s1. The predicted molar refractivity (Wildman–Crippen MR) is 211 cm³/mol. The number of likely N-dealkylation sites (tertiary alicyclic amines) is 1. The van der Waals surface area contributed by atoms with Crippen molar-refractivity contribution in [1.82, 2.24) is 20.6 Å². The third kappa shape index (κ3) is 8.73. The van der Waals surface area contributed by atoms with Gasteiger partial charge in [0.1, 0.15) is 28.9 Å². The number of fused-ring (bicyclic) bond motifs is 3. The average molecular weight is 830 g/mol. The number of primary amides is 1. The second kappa shape index (κ2) is 18.6. The summed E-state index contributed by atoms with van der Waals surface area (Å²) in [5.41, 5.74) is 1.03. The van der Waals surface area contributed by atoms with Crippen molar-refractivity contribution >= 4 is 41.0 Å². The fraction of sp³-hybridized carbons (Fsp3) is 0.610. The van der Waals surface area contributed by atoms with Gasteiger partial charge in [-0.1, -0.05) is 52.2 Å². The Kier molecular flexibility index (Phi) is 14.7. The normalized spacial score (nSPS) is 27.4. The van der Waals surface area contributed by atoms with Crippen LogP contribution in [0.15, 0.2) is 35.1 Å². The summed E-state index contributed by atoms with van der Waals surface area (Å²) < 4.78 is 0. The van der Waals surface area contributed by atoms with Gasteiger partial charge < -0.3 is 46.6 Å². The summed E-state index contributed by atoms with van der Waals surface area (Å²) in [7, 11) is 3.01. The number of nitrogens with two attached hydrogens (primary N) is 1. The van der Waals surface area contributed by atoms with E-state index >= 15 is 0 Å². The van der Waals surface area contributed by atoms with Crippen LogP contribution >= 0.6 is 0 Å². The Morgan fingerprint density at radius 3 is 2.29 bits per heavy atom. The third-order valence-electron chi connectivity index (χ3n) is 12.2. The van der Waals surface area contributed by atoms with Gasteiger partial charge in [0.15, 0.2) is 11.4 Å². The maximum Gasteiger partial charge on any atom is 0.255 e. The molecule has 0 spiro atoms. The molecule has 1 saturated carbocycles. The quantitative estimate of drug-likeness (QED) is 0.0571. The van der Waals surface area contributed by atoms with E-state index in [4.69, 9.17) is 10.9 Å². The molecule has 18 nitrogen and oxygen atoms in total. The Hall–Kier alpha value is -4.88. The Balaban J connectivity index is 0.000000265. The smallest absolute Gasteiger partial charge is 0.255 e. The molecule has 3 unspecified atom stereocenters. The lowest BCUT2D eigenvalue weighted by atomic mass is 9.54. The number of likely N-dealkylation sites (N-methyl/N-ethyl adjacent to an activating group) is 1. The first-order valence-corrected chi connectivity index (χ1v) is 20.0. The molecule has 1 saturated heterocycles. The van der Waals surface area contributed by atoms with Gasteiger partial charge in [-0.3, -0.25) is 38.9 Å². The number of hydrogen-bond donors (Lipinski definition) is 10. The average Bonchev–Trinajstić information content (AvgIpc) is 3.66. The van der Waals surface area contributed by atoms with Crippen LogP contribution in [0, 0.1) is 23.7 Å². The third-order valence-corrected chi connectivity index (χ3v) is 12.2. The van der Waals surface area contributed by atoms with E-state index in [1.807, 2.05) is 13.8 Å². The molecule has 0 aromatic heterocycles. The van der Waals surface area contributed by atoms with E-state index in [0.717, 1.165) is 32.1 Å². The summed E-state index contributed by atoms with van der Waals surface area (Å²) in [6.07, 6.45) is 4.54. The lowest BCUT2D eigenvalue weighted by Crippen LogP contribution is -2.67. The summed E-state index contributed by atoms with van der Waals surface area (Å²) in [5, 5.41) is 76.0. The fourth-order valence-electron chi connectivity index (χ4n) is 9.02. The van der Waals surface area contributed by atoms with Crippen molar-refractivity contribution in [3.8, 4) is 5.75 Å². The van der Waals surface area contributed by atoms with Gasteiger partial charge in [0.25, 0.3) is 5.91 Å². The first-order valence-electron chi connectivity index (χ1n) is 20.0. The number of nitrogens with one attached hydrogen (secondary N) is 2. The van der Waals surface area contributed by atoms with E-state index in [9.17, 15) is 59.4 Å². The predicted octanol–water partition coefficient (Wildman–Crippen LogP) is 0.832. The number of hydroxylamine groups is 1. The number of rotatable bonds is 13. The largest absolute Gasteiger partial charge is 0.508 e. The molecule has 18 heteroatoms. The van der Waals surface area contributed by atoms with Gasteiger partial charge in [-0.25, -0.2) is 5.48 Å². The fourth-order valence-corrected chi connectivity index (χ4v) is 9.02. The lowest BCUT2D eigenvalue weighted by molar-refractivity contribution is -0.159. The number of phenols is 1. The molecule has 4 aliphatic rings. The number of aliphatic hydroxyl groups excluding tert-OH is 3. The molecule has 3 aliphatic carbocycles. The highest BCUT2D eigenvalue weighted by Gasteiger charge is 2.66. The number of amides is 4.